The molecule has 0 bridgehead atoms. The molecule has 0 saturated carbocycles. The molecule has 2 atom stereocenters. The third-order valence-corrected chi connectivity index (χ3v) is 4.72. The topological polar surface area (TPSA) is 78.5 Å². The molecule has 25 heavy (non-hydrogen) atoms. The lowest BCUT2D eigenvalue weighted by atomic mass is 9.92. The zero-order valence-corrected chi connectivity index (χ0v) is 15.9. The number of imide groups is 1. The summed E-state index contributed by atoms with van der Waals surface area (Å²) in [6.45, 7) is 5.12. The summed E-state index contributed by atoms with van der Waals surface area (Å²) in [5.74, 6) is -0.907. The number of rotatable bonds is 6. The SMILES string of the molecule is CCC[C@H](C)NC(=O)CN1C(=O)N[C@](C)(c2ccc(Cl)cc2Cl)C1=O. The fraction of sp³-hybridized carbons (Fsp3) is 0.471. The van der Waals surface area contributed by atoms with Gasteiger partial charge in [-0.1, -0.05) is 42.6 Å². The molecule has 2 N–H and O–H groups in total. The van der Waals surface area contributed by atoms with Gasteiger partial charge in [0.25, 0.3) is 5.91 Å². The van der Waals surface area contributed by atoms with Gasteiger partial charge in [-0.25, -0.2) is 4.79 Å². The van der Waals surface area contributed by atoms with Crippen molar-refractivity contribution in [3.63, 3.8) is 0 Å². The highest BCUT2D eigenvalue weighted by Crippen LogP contribution is 2.34. The highest BCUT2D eigenvalue weighted by atomic mass is 35.5. The van der Waals surface area contributed by atoms with Gasteiger partial charge in [-0.2, -0.15) is 0 Å². The normalized spacial score (nSPS) is 21.2. The van der Waals surface area contributed by atoms with Crippen molar-refractivity contribution in [2.24, 2.45) is 0 Å². The van der Waals surface area contributed by atoms with E-state index < -0.39 is 17.5 Å². The minimum atomic E-state index is -1.34. The van der Waals surface area contributed by atoms with Crippen molar-refractivity contribution in [2.45, 2.75) is 45.2 Å². The largest absolute Gasteiger partial charge is 0.352 e. The first-order valence-electron chi connectivity index (χ1n) is 8.08. The molecule has 2 rings (SSSR count). The number of carbonyl (C=O) groups is 3. The summed E-state index contributed by atoms with van der Waals surface area (Å²) in [5.41, 5.74) is -0.909. The van der Waals surface area contributed by atoms with E-state index in [1.165, 1.54) is 6.07 Å². The quantitative estimate of drug-likeness (QED) is 0.738. The molecular weight excluding hydrogens is 365 g/mol. The number of urea groups is 1. The number of halogens is 2. The van der Waals surface area contributed by atoms with Crippen LogP contribution in [-0.2, 0) is 15.1 Å². The maximum atomic E-state index is 12.8. The maximum Gasteiger partial charge on any atom is 0.325 e. The molecule has 0 unspecified atom stereocenters. The second-order valence-electron chi connectivity index (χ2n) is 6.33. The van der Waals surface area contributed by atoms with Gasteiger partial charge in [-0.05, 0) is 32.4 Å². The van der Waals surface area contributed by atoms with Gasteiger partial charge in [0, 0.05) is 21.7 Å². The van der Waals surface area contributed by atoms with Gasteiger partial charge in [-0.15, -0.1) is 0 Å². The highest BCUT2D eigenvalue weighted by Gasteiger charge is 2.50. The number of nitrogens with one attached hydrogen (secondary N) is 2. The average Bonchev–Trinajstić information content (AvgIpc) is 2.71. The third-order valence-electron chi connectivity index (χ3n) is 4.18. The van der Waals surface area contributed by atoms with Crippen LogP contribution in [0, 0.1) is 0 Å². The summed E-state index contributed by atoms with van der Waals surface area (Å²) in [4.78, 5) is 38.0. The van der Waals surface area contributed by atoms with E-state index in [2.05, 4.69) is 10.6 Å². The molecule has 1 saturated heterocycles. The minimum Gasteiger partial charge on any atom is -0.352 e. The predicted octanol–water partition coefficient (Wildman–Crippen LogP) is 3.07. The van der Waals surface area contributed by atoms with Crippen LogP contribution < -0.4 is 10.6 Å². The Bertz CT molecular complexity index is 710. The standard InChI is InChI=1S/C17H21Cl2N3O3/c1-4-5-10(2)20-14(23)9-22-15(24)17(3,21-16(22)25)12-7-6-11(18)8-13(12)19/h6-8,10H,4-5,9H2,1-3H3,(H,20,23)(H,21,25)/t10-,17+/m0/s1. The summed E-state index contributed by atoms with van der Waals surface area (Å²) in [7, 11) is 0. The molecule has 136 valence electrons. The molecule has 0 radical (unpaired) electrons. The van der Waals surface area contributed by atoms with E-state index in [-0.39, 0.29) is 23.5 Å². The van der Waals surface area contributed by atoms with Gasteiger partial charge >= 0.3 is 6.03 Å². The van der Waals surface area contributed by atoms with Crippen molar-refractivity contribution >= 4 is 41.0 Å². The van der Waals surface area contributed by atoms with Crippen LogP contribution in [-0.4, -0.2) is 35.3 Å². The highest BCUT2D eigenvalue weighted by molar-refractivity contribution is 6.35. The van der Waals surface area contributed by atoms with Crippen LogP contribution in [0.1, 0.15) is 39.2 Å². The van der Waals surface area contributed by atoms with Crippen LogP contribution in [0.4, 0.5) is 4.79 Å². The van der Waals surface area contributed by atoms with Gasteiger partial charge in [0.05, 0.1) is 0 Å². The fourth-order valence-corrected chi connectivity index (χ4v) is 3.48. The van der Waals surface area contributed by atoms with E-state index in [1.807, 2.05) is 13.8 Å². The Labute approximate surface area is 156 Å². The number of nitrogens with zero attached hydrogens (tertiary/aromatic N) is 1. The predicted molar refractivity (Wildman–Crippen MR) is 96.6 cm³/mol. The van der Waals surface area contributed by atoms with Crippen molar-refractivity contribution in [1.29, 1.82) is 0 Å². The lowest BCUT2D eigenvalue weighted by Crippen LogP contribution is -2.45. The molecule has 8 heteroatoms. The van der Waals surface area contributed by atoms with E-state index in [4.69, 9.17) is 23.2 Å². The van der Waals surface area contributed by atoms with E-state index in [9.17, 15) is 14.4 Å². The van der Waals surface area contributed by atoms with Crippen LogP contribution in [0.25, 0.3) is 0 Å². The molecule has 6 nitrogen and oxygen atoms in total. The van der Waals surface area contributed by atoms with Crippen LogP contribution in [0.15, 0.2) is 18.2 Å². The molecule has 0 spiro atoms. The summed E-state index contributed by atoms with van der Waals surface area (Å²) < 4.78 is 0. The Kier molecular flexibility index (Phi) is 5.95. The van der Waals surface area contributed by atoms with Crippen molar-refractivity contribution in [3.05, 3.63) is 33.8 Å². The first kappa shape index (κ1) is 19.5. The molecule has 1 aromatic rings. The van der Waals surface area contributed by atoms with Gasteiger partial charge in [0.2, 0.25) is 5.91 Å². The van der Waals surface area contributed by atoms with Crippen LogP contribution in [0.5, 0.6) is 0 Å². The maximum absolute atomic E-state index is 12.8. The summed E-state index contributed by atoms with van der Waals surface area (Å²) in [5, 5.41) is 6.09. The minimum absolute atomic E-state index is 0.0182. The van der Waals surface area contributed by atoms with Gasteiger partial charge in [0.1, 0.15) is 12.1 Å². The van der Waals surface area contributed by atoms with Crippen LogP contribution in [0.2, 0.25) is 10.0 Å². The van der Waals surface area contributed by atoms with Gasteiger partial charge in [-0.3, -0.25) is 14.5 Å². The van der Waals surface area contributed by atoms with E-state index >= 15 is 0 Å². The molecular formula is C17H21Cl2N3O3. The summed E-state index contributed by atoms with van der Waals surface area (Å²) in [6.07, 6.45) is 1.75. The van der Waals surface area contributed by atoms with Crippen molar-refractivity contribution in [3.8, 4) is 0 Å². The summed E-state index contributed by atoms with van der Waals surface area (Å²) in [6, 6.07) is 4.04. The first-order valence-corrected chi connectivity index (χ1v) is 8.83. The smallest absolute Gasteiger partial charge is 0.325 e. The second kappa shape index (κ2) is 7.62. The Balaban J connectivity index is 2.17. The van der Waals surface area contributed by atoms with Crippen molar-refractivity contribution in [2.75, 3.05) is 6.54 Å². The Morgan fingerprint density at radius 1 is 1.36 bits per heavy atom. The molecule has 0 aliphatic carbocycles. The molecule has 1 aliphatic heterocycles. The second-order valence-corrected chi connectivity index (χ2v) is 7.17. The number of hydrogen-bond donors (Lipinski definition) is 2. The molecule has 4 amide bonds. The molecule has 1 fully saturated rings. The molecule has 1 heterocycles. The van der Waals surface area contributed by atoms with E-state index in [1.54, 1.807) is 19.1 Å². The van der Waals surface area contributed by atoms with Gasteiger partial charge < -0.3 is 10.6 Å². The zero-order valence-electron chi connectivity index (χ0n) is 14.4. The molecule has 1 aromatic carbocycles. The van der Waals surface area contributed by atoms with E-state index in [0.29, 0.717) is 10.6 Å². The van der Waals surface area contributed by atoms with E-state index in [0.717, 1.165) is 17.7 Å². The number of amides is 4. The molecule has 0 aromatic heterocycles. The average molecular weight is 386 g/mol. The number of hydrogen-bond acceptors (Lipinski definition) is 3. The van der Waals surface area contributed by atoms with Crippen LogP contribution >= 0.6 is 23.2 Å². The molecule has 1 aliphatic rings. The fourth-order valence-electron chi connectivity index (χ4n) is 2.89. The Hall–Kier alpha value is -1.79. The monoisotopic (exact) mass is 385 g/mol. The number of carbonyl (C=O) groups excluding carboxylic acids is 3. The van der Waals surface area contributed by atoms with Gasteiger partial charge in [0.15, 0.2) is 0 Å². The Morgan fingerprint density at radius 3 is 2.64 bits per heavy atom. The first-order chi connectivity index (χ1) is 11.7. The lowest BCUT2D eigenvalue weighted by Gasteiger charge is -2.23. The summed E-state index contributed by atoms with van der Waals surface area (Å²) >= 11 is 12.1. The Morgan fingerprint density at radius 2 is 2.04 bits per heavy atom. The third kappa shape index (κ3) is 4.07. The number of benzene rings is 1. The lowest BCUT2D eigenvalue weighted by molar-refractivity contribution is -0.135. The zero-order chi connectivity index (χ0) is 18.8. The van der Waals surface area contributed by atoms with Crippen molar-refractivity contribution < 1.29 is 14.4 Å². The van der Waals surface area contributed by atoms with Crippen LogP contribution in [0.3, 0.4) is 0 Å². The van der Waals surface area contributed by atoms with Crippen molar-refractivity contribution in [1.82, 2.24) is 15.5 Å².